The molecule has 0 unspecified atom stereocenters. The van der Waals surface area contributed by atoms with Gasteiger partial charge in [0.05, 0.1) is 12.0 Å². The molecule has 174 valence electrons. The molecule has 2 heterocycles. The number of carboxylic acid groups (broad SMARTS) is 1. The zero-order valence-corrected chi connectivity index (χ0v) is 19.1. The number of carboxylic acids is 1. The second kappa shape index (κ2) is 9.27. The van der Waals surface area contributed by atoms with E-state index in [1.165, 1.54) is 13.8 Å². The van der Waals surface area contributed by atoms with E-state index in [9.17, 15) is 14.7 Å². The first kappa shape index (κ1) is 22.8. The van der Waals surface area contributed by atoms with Crippen molar-refractivity contribution in [1.29, 1.82) is 0 Å². The highest BCUT2D eigenvalue weighted by atomic mass is 16.5. The van der Waals surface area contributed by atoms with E-state index < -0.39 is 11.6 Å². The Labute approximate surface area is 196 Å². The lowest BCUT2D eigenvalue weighted by atomic mass is 10.1. The highest BCUT2D eigenvalue weighted by Gasteiger charge is 2.29. The number of aliphatic carboxylic acids is 1. The van der Waals surface area contributed by atoms with Crippen LogP contribution in [-0.4, -0.2) is 32.4 Å². The minimum atomic E-state index is -1.33. The van der Waals surface area contributed by atoms with Crippen LogP contribution in [0, 0.1) is 0 Å². The molecule has 2 aromatic carbocycles. The number of amides is 1. The molecule has 4 aromatic rings. The number of rotatable bonds is 8. The lowest BCUT2D eigenvalue weighted by Gasteiger charge is -2.21. The number of carbonyl (C=O) groups is 2. The van der Waals surface area contributed by atoms with Crippen LogP contribution < -0.4 is 10.1 Å². The molecule has 8 nitrogen and oxygen atoms in total. The number of carbonyl (C=O) groups excluding carboxylic acids is 1. The topological polar surface area (TPSA) is 107 Å². The van der Waals surface area contributed by atoms with Crippen LogP contribution in [0.3, 0.4) is 0 Å². The Morgan fingerprint density at radius 1 is 1.06 bits per heavy atom. The summed E-state index contributed by atoms with van der Waals surface area (Å²) in [7, 11) is 1.80. The summed E-state index contributed by atoms with van der Waals surface area (Å²) in [4.78, 5) is 23.9. The van der Waals surface area contributed by atoms with Crippen LogP contribution in [0.2, 0.25) is 0 Å². The van der Waals surface area contributed by atoms with Gasteiger partial charge >= 0.3 is 5.97 Å². The number of hydrogen-bond acceptors (Lipinski definition) is 5. The molecule has 4 rings (SSSR count). The molecule has 0 aliphatic carbocycles. The first-order chi connectivity index (χ1) is 16.2. The van der Waals surface area contributed by atoms with Gasteiger partial charge in [-0.15, -0.1) is 0 Å². The molecule has 0 bridgehead atoms. The number of aryl methyl sites for hydroxylation is 1. The van der Waals surface area contributed by atoms with Gasteiger partial charge in [-0.2, -0.15) is 5.10 Å². The molecular formula is C26H25N3O5. The number of furan rings is 1. The van der Waals surface area contributed by atoms with Crippen molar-refractivity contribution in [3.63, 3.8) is 0 Å². The van der Waals surface area contributed by atoms with Crippen LogP contribution in [0.15, 0.2) is 77.4 Å². The van der Waals surface area contributed by atoms with Crippen molar-refractivity contribution in [2.24, 2.45) is 7.05 Å². The summed E-state index contributed by atoms with van der Waals surface area (Å²) in [6, 6.07) is 20.3. The Morgan fingerprint density at radius 3 is 2.35 bits per heavy atom. The fraction of sp³-hybridized carbons (Fsp3) is 0.192. The van der Waals surface area contributed by atoms with Gasteiger partial charge < -0.3 is 19.6 Å². The van der Waals surface area contributed by atoms with E-state index in [4.69, 9.17) is 9.15 Å². The molecule has 0 fully saturated rings. The lowest BCUT2D eigenvalue weighted by Crippen LogP contribution is -2.37. The lowest BCUT2D eigenvalue weighted by molar-refractivity contribution is -0.152. The Kier molecular flexibility index (Phi) is 6.23. The van der Waals surface area contributed by atoms with Crippen molar-refractivity contribution in [3.8, 4) is 28.3 Å². The van der Waals surface area contributed by atoms with Crippen LogP contribution in [0.25, 0.3) is 22.6 Å². The van der Waals surface area contributed by atoms with Crippen molar-refractivity contribution >= 4 is 11.9 Å². The molecule has 0 aliphatic rings. The Morgan fingerprint density at radius 2 is 1.74 bits per heavy atom. The smallest absolute Gasteiger partial charge is 0.347 e. The van der Waals surface area contributed by atoms with Crippen molar-refractivity contribution in [2.75, 3.05) is 0 Å². The molecule has 2 aromatic heterocycles. The van der Waals surface area contributed by atoms with Gasteiger partial charge in [-0.25, -0.2) is 4.79 Å². The number of aromatic nitrogens is 2. The standard InChI is InChI=1S/C26H25N3O5/c1-26(2,25(31)32)34-20-12-6-17(7-13-20)16-27-24(30)21-15-22(29(3)28-21)18-8-10-19(11-9-18)23-5-4-14-33-23/h4-15H,16H2,1-3H3,(H,27,30)(H,31,32). The fourth-order valence-corrected chi connectivity index (χ4v) is 3.38. The quantitative estimate of drug-likeness (QED) is 0.401. The summed E-state index contributed by atoms with van der Waals surface area (Å²) in [5.41, 5.74) is 2.56. The van der Waals surface area contributed by atoms with Crippen LogP contribution >= 0.6 is 0 Å². The monoisotopic (exact) mass is 459 g/mol. The van der Waals surface area contributed by atoms with Gasteiger partial charge in [0, 0.05) is 19.2 Å². The highest BCUT2D eigenvalue weighted by molar-refractivity contribution is 5.93. The molecule has 8 heteroatoms. The summed E-state index contributed by atoms with van der Waals surface area (Å²) in [5, 5.41) is 16.4. The average Bonchev–Trinajstić information content (AvgIpc) is 3.48. The maximum Gasteiger partial charge on any atom is 0.347 e. The third-order valence-corrected chi connectivity index (χ3v) is 5.36. The molecular weight excluding hydrogens is 434 g/mol. The van der Waals surface area contributed by atoms with E-state index in [2.05, 4.69) is 10.4 Å². The molecule has 0 saturated heterocycles. The Bertz CT molecular complexity index is 1290. The summed E-state index contributed by atoms with van der Waals surface area (Å²) < 4.78 is 12.6. The first-order valence-electron chi connectivity index (χ1n) is 10.7. The zero-order chi connectivity index (χ0) is 24.3. The second-order valence-corrected chi connectivity index (χ2v) is 8.34. The molecule has 1 amide bonds. The molecule has 0 aliphatic heterocycles. The van der Waals surface area contributed by atoms with Gasteiger partial charge in [0.25, 0.3) is 5.91 Å². The van der Waals surface area contributed by atoms with Crippen LogP contribution in [-0.2, 0) is 18.4 Å². The van der Waals surface area contributed by atoms with Gasteiger partial charge in [0.15, 0.2) is 11.3 Å². The molecule has 0 spiro atoms. The summed E-state index contributed by atoms with van der Waals surface area (Å²) in [6.45, 7) is 3.27. The fourth-order valence-electron chi connectivity index (χ4n) is 3.38. The van der Waals surface area contributed by atoms with Gasteiger partial charge in [0.1, 0.15) is 11.5 Å². The van der Waals surface area contributed by atoms with Crippen LogP contribution in [0.1, 0.15) is 29.9 Å². The van der Waals surface area contributed by atoms with Gasteiger partial charge in [-0.3, -0.25) is 9.48 Å². The van der Waals surface area contributed by atoms with E-state index >= 15 is 0 Å². The van der Waals surface area contributed by atoms with E-state index in [0.717, 1.165) is 28.1 Å². The zero-order valence-electron chi connectivity index (χ0n) is 19.1. The number of ether oxygens (including phenoxy) is 1. The minimum absolute atomic E-state index is 0.290. The SMILES string of the molecule is Cn1nc(C(=O)NCc2ccc(OC(C)(C)C(=O)O)cc2)cc1-c1ccc(-c2ccco2)cc1. The maximum atomic E-state index is 12.7. The number of hydrogen-bond donors (Lipinski definition) is 2. The number of nitrogens with zero attached hydrogens (tertiary/aromatic N) is 2. The van der Waals surface area contributed by atoms with Crippen molar-refractivity contribution < 1.29 is 23.8 Å². The van der Waals surface area contributed by atoms with Crippen LogP contribution in [0.4, 0.5) is 0 Å². The average molecular weight is 460 g/mol. The van der Waals surface area contributed by atoms with E-state index in [-0.39, 0.29) is 5.91 Å². The predicted molar refractivity (Wildman–Crippen MR) is 126 cm³/mol. The van der Waals surface area contributed by atoms with Crippen molar-refractivity contribution in [1.82, 2.24) is 15.1 Å². The summed E-state index contributed by atoms with van der Waals surface area (Å²) >= 11 is 0. The third-order valence-electron chi connectivity index (χ3n) is 5.36. The second-order valence-electron chi connectivity index (χ2n) is 8.34. The third kappa shape index (κ3) is 5.01. The molecule has 0 radical (unpaired) electrons. The van der Waals surface area contributed by atoms with Gasteiger partial charge in [-0.1, -0.05) is 36.4 Å². The number of benzene rings is 2. The predicted octanol–water partition coefficient (Wildman–Crippen LogP) is 4.52. The molecule has 0 saturated carbocycles. The molecule has 34 heavy (non-hydrogen) atoms. The normalized spacial score (nSPS) is 11.3. The maximum absolute atomic E-state index is 12.7. The Hall–Kier alpha value is -4.33. The first-order valence-corrected chi connectivity index (χ1v) is 10.7. The van der Waals surface area contributed by atoms with Gasteiger partial charge in [0.2, 0.25) is 0 Å². The summed E-state index contributed by atoms with van der Waals surface area (Å²) in [5.74, 6) is -0.106. The van der Waals surface area contributed by atoms with Crippen molar-refractivity contribution in [2.45, 2.75) is 26.0 Å². The minimum Gasteiger partial charge on any atom is -0.478 e. The van der Waals surface area contributed by atoms with Crippen LogP contribution in [0.5, 0.6) is 5.75 Å². The molecule has 2 N–H and O–H groups in total. The van der Waals surface area contributed by atoms with Gasteiger partial charge in [-0.05, 0) is 55.3 Å². The largest absolute Gasteiger partial charge is 0.478 e. The van der Waals surface area contributed by atoms with Crippen molar-refractivity contribution in [3.05, 3.63) is 84.3 Å². The highest BCUT2D eigenvalue weighted by Crippen LogP contribution is 2.25. The summed E-state index contributed by atoms with van der Waals surface area (Å²) in [6.07, 6.45) is 1.64. The van der Waals surface area contributed by atoms with E-state index in [1.807, 2.05) is 36.4 Å². The number of nitrogens with one attached hydrogen (secondary N) is 1. The Balaban J connectivity index is 1.39. The van der Waals surface area contributed by atoms with E-state index in [0.29, 0.717) is 18.0 Å². The molecule has 0 atom stereocenters. The van der Waals surface area contributed by atoms with E-state index in [1.54, 1.807) is 48.3 Å².